The van der Waals surface area contributed by atoms with Gasteiger partial charge in [-0.15, -0.1) is 0 Å². The van der Waals surface area contributed by atoms with Crippen LogP contribution in [-0.4, -0.2) is 25.6 Å². The molecule has 1 atom stereocenters. The second kappa shape index (κ2) is 4.19. The van der Waals surface area contributed by atoms with Crippen molar-refractivity contribution in [3.05, 3.63) is 12.2 Å². The number of hydrogen-bond donors (Lipinski definition) is 2. The molecule has 0 rings (SSSR count). The molecular formula is C5H8O4S. The molecule has 0 amide bonds. The molecule has 0 aliphatic carbocycles. The Kier molecular flexibility index (Phi) is 3.90. The van der Waals surface area contributed by atoms with Crippen LogP contribution in [0, 0.1) is 0 Å². The van der Waals surface area contributed by atoms with Gasteiger partial charge in [-0.3, -0.25) is 0 Å². The van der Waals surface area contributed by atoms with Gasteiger partial charge in [0.15, 0.2) is 11.1 Å². The lowest BCUT2D eigenvalue weighted by molar-refractivity contribution is -0.132. The zero-order valence-corrected chi connectivity index (χ0v) is 6.06. The van der Waals surface area contributed by atoms with Crippen molar-refractivity contribution in [3.63, 3.8) is 0 Å². The molecule has 0 heterocycles. The van der Waals surface area contributed by atoms with Crippen LogP contribution in [0.2, 0.25) is 0 Å². The van der Waals surface area contributed by atoms with Crippen molar-refractivity contribution in [2.75, 3.05) is 5.75 Å². The maximum absolute atomic E-state index is 10.0. The average molecular weight is 164 g/mol. The summed E-state index contributed by atoms with van der Waals surface area (Å²) in [5.74, 6) is -1.18. The highest BCUT2D eigenvalue weighted by Gasteiger charge is 2.04. The number of hydrogen-bond acceptors (Lipinski definition) is 2. The second-order valence-electron chi connectivity index (χ2n) is 1.68. The van der Waals surface area contributed by atoms with E-state index in [1.807, 2.05) is 0 Å². The Morgan fingerprint density at radius 3 is 2.40 bits per heavy atom. The molecule has 0 saturated carbocycles. The number of carboxylic acid groups (broad SMARTS) is 1. The summed E-state index contributed by atoms with van der Waals surface area (Å²) in [6.45, 7) is 3.18. The summed E-state index contributed by atoms with van der Waals surface area (Å²) in [6.07, 6.45) is 0.0540. The van der Waals surface area contributed by atoms with Crippen molar-refractivity contribution in [2.24, 2.45) is 0 Å². The van der Waals surface area contributed by atoms with E-state index in [0.29, 0.717) is 0 Å². The minimum Gasteiger partial charge on any atom is -0.478 e. The van der Waals surface area contributed by atoms with E-state index in [9.17, 15) is 9.00 Å². The fourth-order valence-corrected chi connectivity index (χ4v) is 0.738. The monoisotopic (exact) mass is 164 g/mol. The van der Waals surface area contributed by atoms with Crippen LogP contribution in [0.5, 0.6) is 0 Å². The molecule has 0 aromatic rings. The number of carboxylic acids is 1. The molecule has 10 heavy (non-hydrogen) atoms. The predicted molar refractivity (Wildman–Crippen MR) is 37.0 cm³/mol. The van der Waals surface area contributed by atoms with Crippen molar-refractivity contribution in [3.8, 4) is 0 Å². The van der Waals surface area contributed by atoms with Crippen molar-refractivity contribution < 1.29 is 18.7 Å². The lowest BCUT2D eigenvalue weighted by Crippen LogP contribution is -2.03. The largest absolute Gasteiger partial charge is 0.478 e. The van der Waals surface area contributed by atoms with Crippen molar-refractivity contribution in [1.82, 2.24) is 0 Å². The average Bonchev–Trinajstić information content (AvgIpc) is 1.82. The summed E-state index contributed by atoms with van der Waals surface area (Å²) >= 11 is -1.93. The first kappa shape index (κ1) is 9.32. The van der Waals surface area contributed by atoms with Crippen molar-refractivity contribution >= 4 is 17.0 Å². The first-order valence-corrected chi connectivity index (χ1v) is 3.80. The smallest absolute Gasteiger partial charge is 0.330 e. The molecule has 0 bridgehead atoms. The standard InChI is InChI=1S/C5H8O4S/c1-4(5(6)7)2-3-10(8)9/h1-3H2,(H,6,7)(H,8,9). The molecule has 4 nitrogen and oxygen atoms in total. The number of carbonyl (C=O) groups is 1. The molecule has 0 radical (unpaired) electrons. The van der Waals surface area contributed by atoms with Crippen LogP contribution >= 0.6 is 0 Å². The first-order chi connectivity index (χ1) is 4.54. The summed E-state index contributed by atoms with van der Waals surface area (Å²) in [5.41, 5.74) is -0.0394. The highest BCUT2D eigenvalue weighted by molar-refractivity contribution is 7.79. The summed E-state index contributed by atoms with van der Waals surface area (Å²) in [5, 5.41) is 8.21. The van der Waals surface area contributed by atoms with Gasteiger partial charge >= 0.3 is 5.97 Å². The number of aliphatic carboxylic acids is 1. The van der Waals surface area contributed by atoms with Gasteiger partial charge in [0.2, 0.25) is 0 Å². The molecule has 0 aliphatic rings. The Morgan fingerprint density at radius 2 is 2.10 bits per heavy atom. The predicted octanol–water partition coefficient (Wildman–Crippen LogP) is 0.239. The fraction of sp³-hybridized carbons (Fsp3) is 0.400. The Hall–Kier alpha value is -0.680. The molecule has 1 unspecified atom stereocenters. The first-order valence-electron chi connectivity index (χ1n) is 2.52. The van der Waals surface area contributed by atoms with E-state index in [1.54, 1.807) is 0 Å². The van der Waals surface area contributed by atoms with Gasteiger partial charge in [0.05, 0.1) is 5.75 Å². The van der Waals surface area contributed by atoms with Gasteiger partial charge < -0.3 is 9.66 Å². The van der Waals surface area contributed by atoms with Gasteiger partial charge in [0.25, 0.3) is 0 Å². The molecule has 0 aliphatic heterocycles. The van der Waals surface area contributed by atoms with Gasteiger partial charge in [-0.1, -0.05) is 6.58 Å². The third-order valence-electron chi connectivity index (χ3n) is 0.881. The van der Waals surface area contributed by atoms with Crippen molar-refractivity contribution in [2.45, 2.75) is 6.42 Å². The molecule has 0 aromatic heterocycles. The van der Waals surface area contributed by atoms with E-state index in [2.05, 4.69) is 6.58 Å². The maximum atomic E-state index is 10.0. The quantitative estimate of drug-likeness (QED) is 0.461. The Bertz CT molecular complexity index is 174. The summed E-state index contributed by atoms with van der Waals surface area (Å²) in [7, 11) is 0. The van der Waals surface area contributed by atoms with Crippen LogP contribution < -0.4 is 0 Å². The van der Waals surface area contributed by atoms with Crippen LogP contribution in [0.4, 0.5) is 0 Å². The van der Waals surface area contributed by atoms with E-state index in [4.69, 9.17) is 9.66 Å². The van der Waals surface area contributed by atoms with Crippen LogP contribution in [0.15, 0.2) is 12.2 Å². The molecule has 0 spiro atoms. The van der Waals surface area contributed by atoms with Gasteiger partial charge in [-0.05, 0) is 6.42 Å². The fourth-order valence-electron chi connectivity index (χ4n) is 0.317. The molecule has 2 N–H and O–H groups in total. The van der Waals surface area contributed by atoms with Gasteiger partial charge in [0, 0.05) is 5.57 Å². The van der Waals surface area contributed by atoms with Crippen molar-refractivity contribution in [1.29, 1.82) is 0 Å². The lowest BCUT2D eigenvalue weighted by atomic mass is 10.2. The minimum absolute atomic E-state index is 0.0394. The van der Waals surface area contributed by atoms with Crippen LogP contribution in [0.25, 0.3) is 0 Å². The van der Waals surface area contributed by atoms with E-state index in [-0.39, 0.29) is 17.7 Å². The highest BCUT2D eigenvalue weighted by Crippen LogP contribution is 1.97. The third-order valence-corrected chi connectivity index (χ3v) is 1.43. The van der Waals surface area contributed by atoms with E-state index >= 15 is 0 Å². The Balaban J connectivity index is 3.60. The summed E-state index contributed by atoms with van der Waals surface area (Å²) in [6, 6.07) is 0. The third kappa shape index (κ3) is 4.22. The SMILES string of the molecule is C=C(CCS(=O)O)C(=O)O. The molecule has 58 valence electrons. The highest BCUT2D eigenvalue weighted by atomic mass is 32.2. The summed E-state index contributed by atoms with van der Waals surface area (Å²) < 4.78 is 18.2. The minimum atomic E-state index is -1.93. The van der Waals surface area contributed by atoms with Gasteiger partial charge in [0.1, 0.15) is 0 Å². The molecule has 5 heteroatoms. The summed E-state index contributed by atoms with van der Waals surface area (Å²) in [4.78, 5) is 10.0. The van der Waals surface area contributed by atoms with E-state index in [0.717, 1.165) is 0 Å². The van der Waals surface area contributed by atoms with Gasteiger partial charge in [-0.2, -0.15) is 0 Å². The normalized spacial score (nSPS) is 12.5. The Labute approximate surface area is 60.8 Å². The van der Waals surface area contributed by atoms with E-state index in [1.165, 1.54) is 0 Å². The maximum Gasteiger partial charge on any atom is 0.330 e. The topological polar surface area (TPSA) is 74.6 Å². The molecule has 0 saturated heterocycles. The van der Waals surface area contributed by atoms with Gasteiger partial charge in [-0.25, -0.2) is 9.00 Å². The molecule has 0 fully saturated rings. The molecule has 0 aromatic carbocycles. The molecular weight excluding hydrogens is 156 g/mol. The second-order valence-corrected chi connectivity index (χ2v) is 2.74. The zero-order valence-electron chi connectivity index (χ0n) is 5.24. The lowest BCUT2D eigenvalue weighted by Gasteiger charge is -1.94. The Morgan fingerprint density at radius 1 is 1.60 bits per heavy atom. The van der Waals surface area contributed by atoms with Crippen LogP contribution in [0.3, 0.4) is 0 Å². The van der Waals surface area contributed by atoms with Crippen LogP contribution in [-0.2, 0) is 15.9 Å². The van der Waals surface area contributed by atoms with Crippen LogP contribution in [0.1, 0.15) is 6.42 Å². The number of rotatable bonds is 4. The zero-order chi connectivity index (χ0) is 8.15. The van der Waals surface area contributed by atoms with E-state index < -0.39 is 17.0 Å².